The molecule has 0 fully saturated rings. The first-order valence-corrected chi connectivity index (χ1v) is 11.5. The normalized spacial score (nSPS) is 10.9. The Morgan fingerprint density at radius 3 is 2.41 bits per heavy atom. The molecular weight excluding hydrogens is 446 g/mol. The highest BCUT2D eigenvalue weighted by Gasteiger charge is 2.16. The van der Waals surface area contributed by atoms with Crippen LogP contribution in [0.5, 0.6) is 0 Å². The molecule has 1 N–H and O–H groups in total. The Morgan fingerprint density at radius 1 is 0.906 bits per heavy atom. The summed E-state index contributed by atoms with van der Waals surface area (Å²) in [6.45, 7) is -0.0673. The summed E-state index contributed by atoms with van der Waals surface area (Å²) >= 11 is 7.75. The van der Waals surface area contributed by atoms with Crippen LogP contribution in [0.1, 0.15) is 5.56 Å². The van der Waals surface area contributed by atoms with Crippen molar-refractivity contribution in [3.8, 4) is 0 Å². The molecule has 4 aromatic rings. The highest BCUT2D eigenvalue weighted by atomic mass is 35.5. The van der Waals surface area contributed by atoms with Crippen LogP contribution in [-0.4, -0.2) is 21.3 Å². The number of hydrogen-bond acceptors (Lipinski definition) is 4. The number of benzene rings is 3. The van der Waals surface area contributed by atoms with Gasteiger partial charge in [0.05, 0.1) is 17.6 Å². The van der Waals surface area contributed by atoms with Gasteiger partial charge >= 0.3 is 11.1 Å². The van der Waals surface area contributed by atoms with Gasteiger partial charge in [0.2, 0.25) is 5.91 Å². The molecule has 4 rings (SSSR count). The van der Waals surface area contributed by atoms with Gasteiger partial charge in [-0.25, -0.2) is 0 Å². The predicted molar refractivity (Wildman–Crippen MR) is 130 cm³/mol. The molecule has 0 unspecified atom stereocenters. The van der Waals surface area contributed by atoms with Gasteiger partial charge in [0.1, 0.15) is 6.54 Å². The Bertz CT molecular complexity index is 1410. The van der Waals surface area contributed by atoms with Crippen molar-refractivity contribution in [2.45, 2.75) is 18.0 Å². The summed E-state index contributed by atoms with van der Waals surface area (Å²) in [7, 11) is 0. The first-order chi connectivity index (χ1) is 15.5. The highest BCUT2D eigenvalue weighted by molar-refractivity contribution is 7.98. The Hall–Kier alpha value is -3.29. The van der Waals surface area contributed by atoms with E-state index in [0.717, 1.165) is 10.5 Å². The second-order valence-electron chi connectivity index (χ2n) is 7.18. The van der Waals surface area contributed by atoms with E-state index < -0.39 is 17.0 Å². The molecule has 0 atom stereocenters. The molecule has 0 radical (unpaired) electrons. The van der Waals surface area contributed by atoms with Gasteiger partial charge in [-0.05, 0) is 48.2 Å². The van der Waals surface area contributed by atoms with Crippen molar-refractivity contribution in [1.29, 1.82) is 0 Å². The van der Waals surface area contributed by atoms with Crippen molar-refractivity contribution in [2.75, 3.05) is 11.6 Å². The van der Waals surface area contributed by atoms with Crippen LogP contribution in [-0.2, 0) is 17.9 Å². The quantitative estimate of drug-likeness (QED) is 0.341. The molecule has 32 heavy (non-hydrogen) atoms. The molecule has 1 amide bonds. The third-order valence-corrected chi connectivity index (χ3v) is 5.99. The largest absolute Gasteiger partial charge is 0.324 e. The SMILES string of the molecule is CSc1cccc(NC(=O)Cn2c(=O)c(=O)n(Cc3ccccc3)c3ccc(Cl)cc32)c1. The first kappa shape index (κ1) is 21.9. The van der Waals surface area contributed by atoms with Gasteiger partial charge in [0.15, 0.2) is 0 Å². The minimum Gasteiger partial charge on any atom is -0.324 e. The summed E-state index contributed by atoms with van der Waals surface area (Å²) in [5.74, 6) is -0.410. The third-order valence-electron chi connectivity index (χ3n) is 5.03. The number of carbonyl (C=O) groups is 1. The molecule has 0 aliphatic heterocycles. The summed E-state index contributed by atoms with van der Waals surface area (Å²) < 4.78 is 2.60. The summed E-state index contributed by atoms with van der Waals surface area (Å²) in [5, 5.41) is 3.20. The van der Waals surface area contributed by atoms with E-state index in [1.807, 2.05) is 54.8 Å². The van der Waals surface area contributed by atoms with E-state index in [2.05, 4.69) is 5.32 Å². The molecule has 0 bridgehead atoms. The summed E-state index contributed by atoms with van der Waals surface area (Å²) in [6, 6.07) is 21.7. The maximum atomic E-state index is 13.0. The average molecular weight is 466 g/mol. The summed E-state index contributed by atoms with van der Waals surface area (Å²) in [6.07, 6.45) is 1.95. The number of thioether (sulfide) groups is 1. The maximum Gasteiger partial charge on any atom is 0.317 e. The molecule has 0 aliphatic rings. The van der Waals surface area contributed by atoms with Gasteiger partial charge in [-0.1, -0.05) is 48.0 Å². The molecule has 0 aliphatic carbocycles. The van der Waals surface area contributed by atoms with Crippen LogP contribution in [0.3, 0.4) is 0 Å². The van der Waals surface area contributed by atoms with E-state index in [1.54, 1.807) is 36.0 Å². The standard InChI is InChI=1S/C24H20ClN3O3S/c1-32-19-9-5-8-18(13-19)26-22(29)15-28-21-12-17(25)10-11-20(21)27(23(30)24(28)31)14-16-6-3-2-4-7-16/h2-13H,14-15H2,1H3,(H,26,29). The number of nitrogens with one attached hydrogen (secondary N) is 1. The van der Waals surface area contributed by atoms with E-state index in [9.17, 15) is 14.4 Å². The molecule has 3 aromatic carbocycles. The fourth-order valence-corrected chi connectivity index (χ4v) is 4.14. The number of anilines is 1. The zero-order valence-corrected chi connectivity index (χ0v) is 18.8. The predicted octanol–water partition coefficient (Wildman–Crippen LogP) is 4.23. The van der Waals surface area contributed by atoms with Gasteiger partial charge in [0.25, 0.3) is 0 Å². The van der Waals surface area contributed by atoms with Gasteiger partial charge in [-0.2, -0.15) is 0 Å². The number of amides is 1. The second-order valence-corrected chi connectivity index (χ2v) is 8.50. The minimum absolute atomic E-state index is 0.238. The molecule has 1 aromatic heterocycles. The molecule has 162 valence electrons. The van der Waals surface area contributed by atoms with Crippen LogP contribution in [0.15, 0.2) is 87.3 Å². The molecule has 6 nitrogen and oxygen atoms in total. The average Bonchev–Trinajstić information content (AvgIpc) is 2.80. The van der Waals surface area contributed by atoms with Crippen LogP contribution < -0.4 is 16.4 Å². The van der Waals surface area contributed by atoms with Crippen molar-refractivity contribution in [3.05, 3.63) is 104 Å². The number of rotatable bonds is 6. The number of fused-ring (bicyclic) bond motifs is 1. The Morgan fingerprint density at radius 2 is 1.66 bits per heavy atom. The number of nitrogens with zero attached hydrogens (tertiary/aromatic N) is 2. The smallest absolute Gasteiger partial charge is 0.317 e. The van der Waals surface area contributed by atoms with E-state index in [1.165, 1.54) is 9.13 Å². The van der Waals surface area contributed by atoms with Crippen molar-refractivity contribution in [1.82, 2.24) is 9.13 Å². The lowest BCUT2D eigenvalue weighted by Crippen LogP contribution is -2.43. The number of aromatic nitrogens is 2. The van der Waals surface area contributed by atoms with E-state index in [0.29, 0.717) is 21.7 Å². The summed E-state index contributed by atoms with van der Waals surface area (Å²) in [5.41, 5.74) is 0.986. The third kappa shape index (κ3) is 4.64. The zero-order chi connectivity index (χ0) is 22.7. The van der Waals surface area contributed by atoms with E-state index >= 15 is 0 Å². The summed E-state index contributed by atoms with van der Waals surface area (Å²) in [4.78, 5) is 39.7. The molecule has 8 heteroatoms. The van der Waals surface area contributed by atoms with E-state index in [-0.39, 0.29) is 13.1 Å². The van der Waals surface area contributed by atoms with Gasteiger partial charge in [-0.15, -0.1) is 11.8 Å². The number of hydrogen-bond donors (Lipinski definition) is 1. The van der Waals surface area contributed by atoms with Crippen molar-refractivity contribution in [3.63, 3.8) is 0 Å². The van der Waals surface area contributed by atoms with Crippen molar-refractivity contribution >= 4 is 46.0 Å². The Labute approximate surface area is 193 Å². The fraction of sp³-hybridized carbons (Fsp3) is 0.125. The van der Waals surface area contributed by atoms with Crippen LogP contribution in [0.25, 0.3) is 11.0 Å². The van der Waals surface area contributed by atoms with Crippen LogP contribution in [0.4, 0.5) is 5.69 Å². The first-order valence-electron chi connectivity index (χ1n) is 9.87. The molecule has 0 saturated heterocycles. The van der Waals surface area contributed by atoms with E-state index in [4.69, 9.17) is 11.6 Å². The second kappa shape index (κ2) is 9.46. The lowest BCUT2D eigenvalue weighted by molar-refractivity contribution is -0.116. The maximum absolute atomic E-state index is 13.0. The lowest BCUT2D eigenvalue weighted by Gasteiger charge is -2.15. The van der Waals surface area contributed by atoms with Crippen molar-refractivity contribution < 1.29 is 4.79 Å². The number of halogens is 1. The number of carbonyl (C=O) groups excluding carboxylic acids is 1. The monoisotopic (exact) mass is 465 g/mol. The topological polar surface area (TPSA) is 73.1 Å². The van der Waals surface area contributed by atoms with Crippen LogP contribution >= 0.6 is 23.4 Å². The zero-order valence-electron chi connectivity index (χ0n) is 17.2. The molecule has 1 heterocycles. The Balaban J connectivity index is 1.75. The van der Waals surface area contributed by atoms with Crippen LogP contribution in [0.2, 0.25) is 5.02 Å². The minimum atomic E-state index is -0.774. The fourth-order valence-electron chi connectivity index (χ4n) is 3.52. The van der Waals surface area contributed by atoms with Gasteiger partial charge in [0, 0.05) is 15.6 Å². The highest BCUT2D eigenvalue weighted by Crippen LogP contribution is 2.20. The molecule has 0 spiro atoms. The van der Waals surface area contributed by atoms with Crippen LogP contribution in [0, 0.1) is 0 Å². The van der Waals surface area contributed by atoms with Gasteiger partial charge in [-0.3, -0.25) is 23.5 Å². The van der Waals surface area contributed by atoms with Crippen molar-refractivity contribution in [2.24, 2.45) is 0 Å². The molecule has 0 saturated carbocycles. The Kier molecular flexibility index (Phi) is 6.48. The lowest BCUT2D eigenvalue weighted by atomic mass is 10.2. The van der Waals surface area contributed by atoms with Gasteiger partial charge < -0.3 is 5.32 Å². The molecular formula is C24H20ClN3O3S.